The van der Waals surface area contributed by atoms with Crippen LogP contribution in [0.15, 0.2) is 83.4 Å². The van der Waals surface area contributed by atoms with Gasteiger partial charge in [-0.25, -0.2) is 4.39 Å². The summed E-state index contributed by atoms with van der Waals surface area (Å²) >= 11 is 1.61. The molecule has 0 spiro atoms. The van der Waals surface area contributed by atoms with Gasteiger partial charge in [-0.15, -0.1) is 11.3 Å². The SMILES string of the molecule is ON=C(C=Cc1ccc(OCc2cccc(F)c2)cc1)C=Cc1cccs1. The lowest BCUT2D eigenvalue weighted by atomic mass is 10.1. The normalized spacial score (nSPS) is 12.1. The summed E-state index contributed by atoms with van der Waals surface area (Å²) in [5.74, 6) is 0.427. The zero-order valence-corrected chi connectivity index (χ0v) is 15.3. The number of allylic oxidation sites excluding steroid dienone is 2. The lowest BCUT2D eigenvalue weighted by Gasteiger charge is -2.06. The van der Waals surface area contributed by atoms with E-state index in [9.17, 15) is 4.39 Å². The van der Waals surface area contributed by atoms with Crippen LogP contribution in [-0.4, -0.2) is 10.9 Å². The summed E-state index contributed by atoms with van der Waals surface area (Å²) in [6, 6.07) is 17.8. The van der Waals surface area contributed by atoms with E-state index in [1.165, 1.54) is 12.1 Å². The van der Waals surface area contributed by atoms with Crippen molar-refractivity contribution >= 4 is 29.2 Å². The highest BCUT2D eigenvalue weighted by Crippen LogP contribution is 2.16. The molecule has 27 heavy (non-hydrogen) atoms. The third-order valence-electron chi connectivity index (χ3n) is 3.70. The predicted octanol–water partition coefficient (Wildman–Crippen LogP) is 6.02. The van der Waals surface area contributed by atoms with E-state index in [1.807, 2.05) is 60.0 Å². The van der Waals surface area contributed by atoms with Gasteiger partial charge in [0.2, 0.25) is 0 Å². The second-order valence-corrected chi connectivity index (χ2v) is 6.67. The first-order chi connectivity index (χ1) is 13.2. The van der Waals surface area contributed by atoms with Crippen LogP contribution in [0.2, 0.25) is 0 Å². The second-order valence-electron chi connectivity index (χ2n) is 5.69. The molecule has 3 rings (SSSR count). The van der Waals surface area contributed by atoms with Crippen molar-refractivity contribution in [3.8, 4) is 5.75 Å². The Morgan fingerprint density at radius 2 is 1.85 bits per heavy atom. The number of ether oxygens (including phenoxy) is 1. The quantitative estimate of drug-likeness (QED) is 0.310. The number of rotatable bonds is 7. The van der Waals surface area contributed by atoms with E-state index in [0.29, 0.717) is 18.1 Å². The van der Waals surface area contributed by atoms with Crippen molar-refractivity contribution in [1.82, 2.24) is 0 Å². The maximum Gasteiger partial charge on any atom is 0.123 e. The van der Waals surface area contributed by atoms with E-state index in [4.69, 9.17) is 9.94 Å². The molecule has 0 unspecified atom stereocenters. The van der Waals surface area contributed by atoms with Crippen molar-refractivity contribution in [1.29, 1.82) is 0 Å². The van der Waals surface area contributed by atoms with E-state index in [1.54, 1.807) is 29.6 Å². The predicted molar refractivity (Wildman–Crippen MR) is 109 cm³/mol. The Labute approximate surface area is 161 Å². The molecule has 5 heteroatoms. The molecule has 136 valence electrons. The van der Waals surface area contributed by atoms with Crippen molar-refractivity contribution in [2.24, 2.45) is 5.16 Å². The molecule has 3 nitrogen and oxygen atoms in total. The van der Waals surface area contributed by atoms with Gasteiger partial charge in [0.05, 0.1) is 0 Å². The van der Waals surface area contributed by atoms with Crippen molar-refractivity contribution in [3.63, 3.8) is 0 Å². The van der Waals surface area contributed by atoms with E-state index in [2.05, 4.69) is 5.16 Å². The van der Waals surface area contributed by atoms with Crippen LogP contribution in [0.5, 0.6) is 5.75 Å². The monoisotopic (exact) mass is 379 g/mol. The third kappa shape index (κ3) is 5.94. The molecule has 1 heterocycles. The van der Waals surface area contributed by atoms with E-state index < -0.39 is 0 Å². The van der Waals surface area contributed by atoms with Crippen LogP contribution in [-0.2, 0) is 6.61 Å². The fraction of sp³-hybridized carbons (Fsp3) is 0.0455. The first-order valence-electron chi connectivity index (χ1n) is 8.32. The molecule has 0 atom stereocenters. The molecule has 0 bridgehead atoms. The highest BCUT2D eigenvalue weighted by molar-refractivity contribution is 7.10. The summed E-state index contributed by atoms with van der Waals surface area (Å²) in [6.07, 6.45) is 7.23. The van der Waals surface area contributed by atoms with E-state index >= 15 is 0 Å². The number of hydrogen-bond acceptors (Lipinski definition) is 4. The second kappa shape index (κ2) is 9.50. The topological polar surface area (TPSA) is 41.8 Å². The third-order valence-corrected chi connectivity index (χ3v) is 4.54. The molecular weight excluding hydrogens is 361 g/mol. The minimum Gasteiger partial charge on any atom is -0.489 e. The lowest BCUT2D eigenvalue weighted by Crippen LogP contribution is -1.95. The average molecular weight is 379 g/mol. The first-order valence-corrected chi connectivity index (χ1v) is 9.20. The van der Waals surface area contributed by atoms with Crippen LogP contribution in [0, 0.1) is 5.82 Å². The maximum absolute atomic E-state index is 13.2. The van der Waals surface area contributed by atoms with Crippen LogP contribution in [0.1, 0.15) is 16.0 Å². The summed E-state index contributed by atoms with van der Waals surface area (Å²) in [5, 5.41) is 14.4. The average Bonchev–Trinajstić information content (AvgIpc) is 3.21. The molecule has 1 aromatic heterocycles. The van der Waals surface area contributed by atoms with Crippen molar-refractivity contribution in [3.05, 3.63) is 100 Å². The smallest absolute Gasteiger partial charge is 0.123 e. The zero-order chi connectivity index (χ0) is 18.9. The zero-order valence-electron chi connectivity index (χ0n) is 14.5. The molecule has 0 aliphatic carbocycles. The molecule has 3 aromatic rings. The van der Waals surface area contributed by atoms with Gasteiger partial charge >= 0.3 is 0 Å². The summed E-state index contributed by atoms with van der Waals surface area (Å²) < 4.78 is 18.8. The van der Waals surface area contributed by atoms with Gasteiger partial charge in [-0.2, -0.15) is 0 Å². The molecular formula is C22H18FNO2S. The van der Waals surface area contributed by atoms with Gasteiger partial charge in [0.1, 0.15) is 23.9 Å². The number of hydrogen-bond donors (Lipinski definition) is 1. The Morgan fingerprint density at radius 1 is 1.04 bits per heavy atom. The number of halogens is 1. The standard InChI is InChI=1S/C22H18FNO2S/c23-19-4-1-3-18(15-19)16-26-21-11-7-17(8-12-21)6-9-20(24-25)10-13-22-5-2-14-27-22/h1-15,25H,16H2. The van der Waals surface area contributed by atoms with Crippen LogP contribution >= 0.6 is 11.3 Å². The fourth-order valence-electron chi connectivity index (χ4n) is 2.33. The number of benzene rings is 2. The highest BCUT2D eigenvalue weighted by Gasteiger charge is 1.98. The van der Waals surface area contributed by atoms with E-state index in [0.717, 1.165) is 16.0 Å². The maximum atomic E-state index is 13.2. The molecule has 0 amide bonds. The van der Waals surface area contributed by atoms with Crippen LogP contribution in [0.3, 0.4) is 0 Å². The Morgan fingerprint density at radius 3 is 2.56 bits per heavy atom. The summed E-state index contributed by atoms with van der Waals surface area (Å²) in [5.41, 5.74) is 2.17. The van der Waals surface area contributed by atoms with Crippen molar-refractivity contribution < 1.29 is 14.3 Å². The van der Waals surface area contributed by atoms with Crippen molar-refractivity contribution in [2.75, 3.05) is 0 Å². The molecule has 0 saturated carbocycles. The fourth-order valence-corrected chi connectivity index (χ4v) is 2.94. The lowest BCUT2D eigenvalue weighted by molar-refractivity contribution is 0.305. The van der Waals surface area contributed by atoms with Crippen LogP contribution in [0.25, 0.3) is 12.2 Å². The van der Waals surface area contributed by atoms with Crippen molar-refractivity contribution in [2.45, 2.75) is 6.61 Å². The summed E-state index contributed by atoms with van der Waals surface area (Å²) in [7, 11) is 0. The Balaban J connectivity index is 1.57. The van der Waals surface area contributed by atoms with Gasteiger partial charge < -0.3 is 9.94 Å². The van der Waals surface area contributed by atoms with Gasteiger partial charge in [-0.3, -0.25) is 0 Å². The van der Waals surface area contributed by atoms with Crippen LogP contribution < -0.4 is 4.74 Å². The Hall–Kier alpha value is -3.18. The molecule has 0 aliphatic heterocycles. The molecule has 0 fully saturated rings. The highest BCUT2D eigenvalue weighted by atomic mass is 32.1. The van der Waals surface area contributed by atoms with Gasteiger partial charge in [0, 0.05) is 4.88 Å². The largest absolute Gasteiger partial charge is 0.489 e. The Kier molecular flexibility index (Phi) is 6.55. The minimum absolute atomic E-state index is 0.272. The van der Waals surface area contributed by atoms with Gasteiger partial charge in [-0.1, -0.05) is 41.6 Å². The molecule has 2 aromatic carbocycles. The summed E-state index contributed by atoms with van der Waals surface area (Å²) in [4.78, 5) is 1.09. The van der Waals surface area contributed by atoms with Crippen LogP contribution in [0.4, 0.5) is 4.39 Å². The number of nitrogens with zero attached hydrogens (tertiary/aromatic N) is 1. The van der Waals surface area contributed by atoms with Gasteiger partial charge in [0.15, 0.2) is 0 Å². The first kappa shape index (κ1) is 18.6. The summed E-state index contributed by atoms with van der Waals surface area (Å²) in [6.45, 7) is 0.307. The van der Waals surface area contributed by atoms with Gasteiger partial charge in [-0.05, 0) is 65.1 Å². The van der Waals surface area contributed by atoms with Gasteiger partial charge in [0.25, 0.3) is 0 Å². The molecule has 0 aliphatic rings. The Bertz CT molecular complexity index is 945. The van der Waals surface area contributed by atoms with E-state index in [-0.39, 0.29) is 5.82 Å². The minimum atomic E-state index is -0.272. The molecule has 0 radical (unpaired) electrons. The number of oxime groups is 1. The number of thiophene rings is 1. The molecule has 1 N–H and O–H groups in total. The molecule has 0 saturated heterocycles.